The minimum Gasteiger partial charge on any atom is -0.444 e. The Morgan fingerprint density at radius 3 is 2.56 bits per heavy atom. The topological polar surface area (TPSA) is 78.3 Å². The van der Waals surface area contributed by atoms with E-state index in [9.17, 15) is 4.79 Å². The maximum absolute atomic E-state index is 11.9. The summed E-state index contributed by atoms with van der Waals surface area (Å²) in [5.74, 6) is 0.299. The van der Waals surface area contributed by atoms with E-state index < -0.39 is 5.60 Å². The van der Waals surface area contributed by atoms with Crippen LogP contribution in [0.1, 0.15) is 40.5 Å². The molecule has 1 aliphatic heterocycles. The molecule has 1 heterocycles. The summed E-state index contributed by atoms with van der Waals surface area (Å²) in [4.78, 5) is 16.5. The third-order valence-electron chi connectivity index (χ3n) is 3.06. The Hall–Kier alpha value is -1.42. The van der Waals surface area contributed by atoms with Crippen molar-refractivity contribution in [3.05, 3.63) is 10.4 Å². The van der Waals surface area contributed by atoms with Gasteiger partial charge in [-0.25, -0.2) is 4.79 Å². The fourth-order valence-corrected chi connectivity index (χ4v) is 1.98. The highest BCUT2D eigenvalue weighted by Gasteiger charge is 2.27. The minimum atomic E-state index is -0.473. The second-order valence-corrected chi connectivity index (χ2v) is 5.79. The van der Waals surface area contributed by atoms with E-state index in [1.54, 1.807) is 4.90 Å². The highest BCUT2D eigenvalue weighted by Crippen LogP contribution is 2.22. The zero-order chi connectivity index (χ0) is 13.8. The molecule has 1 aliphatic rings. The molecule has 102 valence electrons. The van der Waals surface area contributed by atoms with Crippen LogP contribution in [-0.4, -0.2) is 35.7 Å². The molecular weight excluding hydrogens is 232 g/mol. The molecule has 0 aromatic rings. The van der Waals surface area contributed by atoms with Crippen molar-refractivity contribution >= 4 is 6.09 Å². The van der Waals surface area contributed by atoms with E-state index in [1.165, 1.54) is 0 Å². The molecule has 1 amide bonds. The van der Waals surface area contributed by atoms with Crippen molar-refractivity contribution in [2.45, 2.75) is 52.2 Å². The standard InChI is InChI=1S/C12H22N4O2/c1-9-5-7-16(8-6-10(9)14-15-13)11(17)18-12(2,3)4/h9-10H,5-8H2,1-4H3. The summed E-state index contributed by atoms with van der Waals surface area (Å²) in [6, 6.07) is -0.0255. The number of carbonyl (C=O) groups is 1. The van der Waals surface area contributed by atoms with Crippen molar-refractivity contribution in [3.63, 3.8) is 0 Å². The molecule has 1 saturated heterocycles. The van der Waals surface area contributed by atoms with Gasteiger partial charge in [0.05, 0.1) is 0 Å². The summed E-state index contributed by atoms with van der Waals surface area (Å²) in [6.07, 6.45) is 1.25. The summed E-state index contributed by atoms with van der Waals surface area (Å²) in [5, 5.41) is 3.79. The van der Waals surface area contributed by atoms with Crippen LogP contribution in [-0.2, 0) is 4.74 Å². The zero-order valence-corrected chi connectivity index (χ0v) is 11.6. The van der Waals surface area contributed by atoms with Gasteiger partial charge in [-0.3, -0.25) is 0 Å². The Morgan fingerprint density at radius 2 is 2.00 bits per heavy atom. The monoisotopic (exact) mass is 254 g/mol. The lowest BCUT2D eigenvalue weighted by molar-refractivity contribution is 0.0255. The largest absolute Gasteiger partial charge is 0.444 e. The van der Waals surface area contributed by atoms with Gasteiger partial charge >= 0.3 is 6.09 Å². The van der Waals surface area contributed by atoms with Gasteiger partial charge in [0.1, 0.15) is 5.60 Å². The number of hydrogen-bond donors (Lipinski definition) is 0. The predicted octanol–water partition coefficient (Wildman–Crippen LogP) is 3.33. The third kappa shape index (κ3) is 4.45. The van der Waals surface area contributed by atoms with Gasteiger partial charge in [0, 0.05) is 24.0 Å². The van der Waals surface area contributed by atoms with Gasteiger partial charge in [-0.15, -0.1) is 0 Å². The van der Waals surface area contributed by atoms with Gasteiger partial charge < -0.3 is 9.64 Å². The lowest BCUT2D eigenvalue weighted by atomic mass is 9.98. The molecule has 6 heteroatoms. The van der Waals surface area contributed by atoms with E-state index in [4.69, 9.17) is 10.3 Å². The zero-order valence-electron chi connectivity index (χ0n) is 11.6. The molecule has 0 aromatic carbocycles. The predicted molar refractivity (Wildman–Crippen MR) is 69.1 cm³/mol. The van der Waals surface area contributed by atoms with E-state index in [1.807, 2.05) is 20.8 Å². The number of amides is 1. The normalized spacial score (nSPS) is 25.0. The highest BCUT2D eigenvalue weighted by atomic mass is 16.6. The van der Waals surface area contributed by atoms with Crippen LogP contribution in [0.25, 0.3) is 10.4 Å². The number of likely N-dealkylation sites (tertiary alicyclic amines) is 1. The Bertz CT molecular complexity index is 344. The summed E-state index contributed by atoms with van der Waals surface area (Å²) < 4.78 is 5.35. The van der Waals surface area contributed by atoms with Crippen LogP contribution in [0.4, 0.5) is 4.79 Å². The molecule has 0 N–H and O–H groups in total. The van der Waals surface area contributed by atoms with Crippen LogP contribution in [0.2, 0.25) is 0 Å². The van der Waals surface area contributed by atoms with Gasteiger partial charge in [0.25, 0.3) is 0 Å². The van der Waals surface area contributed by atoms with Crippen molar-refractivity contribution in [1.29, 1.82) is 0 Å². The van der Waals surface area contributed by atoms with E-state index in [0.29, 0.717) is 25.4 Å². The first-order valence-electron chi connectivity index (χ1n) is 6.35. The molecule has 0 saturated carbocycles. The van der Waals surface area contributed by atoms with Crippen molar-refractivity contribution in [2.75, 3.05) is 13.1 Å². The molecule has 1 rings (SSSR count). The first kappa shape index (κ1) is 14.6. The number of azide groups is 1. The molecule has 18 heavy (non-hydrogen) atoms. The minimum absolute atomic E-state index is 0.0255. The van der Waals surface area contributed by atoms with E-state index in [-0.39, 0.29) is 12.1 Å². The number of carbonyl (C=O) groups excluding carboxylic acids is 1. The molecular formula is C12H22N4O2. The van der Waals surface area contributed by atoms with Crippen LogP contribution in [0.15, 0.2) is 5.11 Å². The quantitative estimate of drug-likeness (QED) is 0.408. The average Bonchev–Trinajstić information content (AvgIpc) is 2.40. The van der Waals surface area contributed by atoms with Crippen LogP contribution in [0, 0.1) is 5.92 Å². The second-order valence-electron chi connectivity index (χ2n) is 5.79. The summed E-state index contributed by atoms with van der Waals surface area (Å²) in [6.45, 7) is 8.87. The summed E-state index contributed by atoms with van der Waals surface area (Å²) >= 11 is 0. The molecule has 0 bridgehead atoms. The molecule has 6 nitrogen and oxygen atoms in total. The molecule has 0 aliphatic carbocycles. The van der Waals surface area contributed by atoms with Crippen LogP contribution < -0.4 is 0 Å². The highest BCUT2D eigenvalue weighted by molar-refractivity contribution is 5.68. The molecule has 2 unspecified atom stereocenters. The number of hydrogen-bond acceptors (Lipinski definition) is 3. The SMILES string of the molecule is CC1CCN(C(=O)OC(C)(C)C)CCC1N=[N+]=[N-]. The Balaban J connectivity index is 2.61. The molecule has 0 spiro atoms. The Labute approximate surface area is 108 Å². The maximum atomic E-state index is 11.9. The third-order valence-corrected chi connectivity index (χ3v) is 3.06. The van der Waals surface area contributed by atoms with Gasteiger partial charge in [0.15, 0.2) is 0 Å². The first-order chi connectivity index (χ1) is 8.33. The van der Waals surface area contributed by atoms with Crippen molar-refractivity contribution in [3.8, 4) is 0 Å². The van der Waals surface area contributed by atoms with Gasteiger partial charge in [-0.2, -0.15) is 0 Å². The molecule has 2 atom stereocenters. The van der Waals surface area contributed by atoms with Gasteiger partial charge in [-0.1, -0.05) is 12.0 Å². The molecule has 1 fully saturated rings. The van der Waals surface area contributed by atoms with Gasteiger partial charge in [0.2, 0.25) is 0 Å². The maximum Gasteiger partial charge on any atom is 0.410 e. The van der Waals surface area contributed by atoms with Crippen LogP contribution >= 0.6 is 0 Å². The summed E-state index contributed by atoms with van der Waals surface area (Å²) in [7, 11) is 0. The Kier molecular flexibility index (Phi) is 4.84. The number of nitrogens with zero attached hydrogens (tertiary/aromatic N) is 4. The molecule has 0 aromatic heterocycles. The lowest BCUT2D eigenvalue weighted by Crippen LogP contribution is -2.37. The van der Waals surface area contributed by atoms with Crippen LogP contribution in [0.3, 0.4) is 0 Å². The Morgan fingerprint density at radius 1 is 1.39 bits per heavy atom. The lowest BCUT2D eigenvalue weighted by Gasteiger charge is -2.26. The smallest absolute Gasteiger partial charge is 0.410 e. The molecule has 0 radical (unpaired) electrons. The first-order valence-corrected chi connectivity index (χ1v) is 6.35. The fraction of sp³-hybridized carbons (Fsp3) is 0.917. The average molecular weight is 254 g/mol. The summed E-state index contributed by atoms with van der Waals surface area (Å²) in [5.41, 5.74) is 8.04. The van der Waals surface area contributed by atoms with Crippen molar-refractivity contribution in [1.82, 2.24) is 4.90 Å². The second kappa shape index (κ2) is 5.96. The van der Waals surface area contributed by atoms with Crippen molar-refractivity contribution in [2.24, 2.45) is 11.0 Å². The van der Waals surface area contributed by atoms with E-state index in [2.05, 4.69) is 16.9 Å². The van der Waals surface area contributed by atoms with Crippen LogP contribution in [0.5, 0.6) is 0 Å². The fourth-order valence-electron chi connectivity index (χ4n) is 1.98. The number of rotatable bonds is 1. The van der Waals surface area contributed by atoms with Gasteiger partial charge in [-0.05, 0) is 45.1 Å². The van der Waals surface area contributed by atoms with E-state index >= 15 is 0 Å². The number of ether oxygens (including phenoxy) is 1. The van der Waals surface area contributed by atoms with E-state index in [0.717, 1.165) is 6.42 Å². The van der Waals surface area contributed by atoms with Crippen molar-refractivity contribution < 1.29 is 9.53 Å².